The second kappa shape index (κ2) is 9.28. The Morgan fingerprint density at radius 2 is 1.80 bits per heavy atom. The molecule has 30 heavy (non-hydrogen) atoms. The first-order chi connectivity index (χ1) is 14.4. The first-order valence-corrected chi connectivity index (χ1v) is 10.7. The molecule has 5 amide bonds. The van der Waals surface area contributed by atoms with Crippen molar-refractivity contribution >= 4 is 29.4 Å². The van der Waals surface area contributed by atoms with Gasteiger partial charge >= 0.3 is 6.03 Å². The summed E-state index contributed by atoms with van der Waals surface area (Å²) in [7, 11) is 0. The van der Waals surface area contributed by atoms with Crippen LogP contribution in [0.1, 0.15) is 75.6 Å². The maximum Gasteiger partial charge on any atom is 0.344 e. The van der Waals surface area contributed by atoms with E-state index in [9.17, 15) is 19.2 Å². The third-order valence-electron chi connectivity index (χ3n) is 5.77. The zero-order valence-electron chi connectivity index (χ0n) is 17.7. The summed E-state index contributed by atoms with van der Waals surface area (Å²) < 4.78 is 0. The van der Waals surface area contributed by atoms with Crippen LogP contribution in [0.15, 0.2) is 24.3 Å². The number of imide groups is 1. The molecule has 0 spiro atoms. The van der Waals surface area contributed by atoms with Crippen LogP contribution in [0.2, 0.25) is 0 Å². The van der Waals surface area contributed by atoms with Gasteiger partial charge in [-0.05, 0) is 44.0 Å². The number of urea groups is 1. The number of unbranched alkanes of at least 4 members (excludes halogenated alkanes) is 4. The quantitative estimate of drug-likeness (QED) is 0.479. The summed E-state index contributed by atoms with van der Waals surface area (Å²) in [6.45, 7) is 4.51. The number of hydrogen-bond donors (Lipinski definition) is 2. The number of anilines is 1. The van der Waals surface area contributed by atoms with Gasteiger partial charge in [0.25, 0.3) is 11.8 Å². The van der Waals surface area contributed by atoms with Crippen molar-refractivity contribution in [3.8, 4) is 0 Å². The second-order valence-electron chi connectivity index (χ2n) is 8.20. The fourth-order valence-corrected chi connectivity index (χ4v) is 3.92. The molecule has 0 aliphatic carbocycles. The SMILES string of the molecule is CCCCCCCC1(C)NC(=O)N(NC(=O)c2ccc(N3CCCC3=O)cc2)C1=O. The summed E-state index contributed by atoms with van der Waals surface area (Å²) in [5.74, 6) is -0.930. The second-order valence-corrected chi connectivity index (χ2v) is 8.20. The van der Waals surface area contributed by atoms with E-state index in [-0.39, 0.29) is 5.91 Å². The molecule has 2 N–H and O–H groups in total. The Bertz CT molecular complexity index is 823. The highest BCUT2D eigenvalue weighted by Gasteiger charge is 2.48. The minimum absolute atomic E-state index is 0.0699. The number of hydrogen-bond acceptors (Lipinski definition) is 4. The monoisotopic (exact) mass is 414 g/mol. The first kappa shape index (κ1) is 21.8. The normalized spacial score (nSPS) is 21.3. The van der Waals surface area contributed by atoms with E-state index >= 15 is 0 Å². The van der Waals surface area contributed by atoms with Gasteiger partial charge in [0.05, 0.1) is 0 Å². The van der Waals surface area contributed by atoms with Crippen LogP contribution in [0.4, 0.5) is 10.5 Å². The fourth-order valence-electron chi connectivity index (χ4n) is 3.92. The van der Waals surface area contributed by atoms with Crippen molar-refractivity contribution in [2.45, 2.75) is 70.8 Å². The van der Waals surface area contributed by atoms with Gasteiger partial charge in [0, 0.05) is 24.2 Å². The van der Waals surface area contributed by atoms with E-state index in [0.717, 1.165) is 49.2 Å². The van der Waals surface area contributed by atoms with Gasteiger partial charge in [-0.15, -0.1) is 0 Å². The average Bonchev–Trinajstić information content (AvgIpc) is 3.24. The summed E-state index contributed by atoms with van der Waals surface area (Å²) >= 11 is 0. The number of nitrogens with one attached hydrogen (secondary N) is 2. The number of carbonyl (C=O) groups excluding carboxylic acids is 4. The minimum atomic E-state index is -1.00. The molecule has 162 valence electrons. The lowest BCUT2D eigenvalue weighted by Crippen LogP contribution is -2.48. The number of nitrogens with zero attached hydrogens (tertiary/aromatic N) is 2. The number of amides is 5. The molecule has 3 rings (SSSR count). The minimum Gasteiger partial charge on any atom is -0.322 e. The molecule has 1 aromatic carbocycles. The van der Waals surface area contributed by atoms with Crippen LogP contribution in [0, 0.1) is 0 Å². The molecule has 2 fully saturated rings. The fraction of sp³-hybridized carbons (Fsp3) is 0.545. The Hall–Kier alpha value is -2.90. The molecule has 2 aliphatic heterocycles. The lowest BCUT2D eigenvalue weighted by atomic mass is 9.94. The number of hydrazine groups is 1. The Kier molecular flexibility index (Phi) is 6.74. The van der Waals surface area contributed by atoms with Gasteiger partial charge < -0.3 is 10.2 Å². The molecule has 2 heterocycles. The Morgan fingerprint density at radius 1 is 1.10 bits per heavy atom. The predicted molar refractivity (Wildman–Crippen MR) is 113 cm³/mol. The lowest BCUT2D eigenvalue weighted by Gasteiger charge is -2.21. The molecule has 2 aliphatic rings. The topological polar surface area (TPSA) is 98.8 Å². The molecule has 0 radical (unpaired) electrons. The summed E-state index contributed by atoms with van der Waals surface area (Å²) in [6, 6.07) is 5.95. The van der Waals surface area contributed by atoms with E-state index in [1.54, 1.807) is 36.1 Å². The van der Waals surface area contributed by atoms with E-state index in [1.807, 2.05) is 0 Å². The van der Waals surface area contributed by atoms with Crippen molar-refractivity contribution in [2.75, 3.05) is 11.4 Å². The largest absolute Gasteiger partial charge is 0.344 e. The average molecular weight is 415 g/mol. The third kappa shape index (κ3) is 4.63. The maximum absolute atomic E-state index is 12.8. The molecule has 0 saturated carbocycles. The highest BCUT2D eigenvalue weighted by atomic mass is 16.2. The molecular weight excluding hydrogens is 384 g/mol. The number of benzene rings is 1. The Morgan fingerprint density at radius 3 is 2.43 bits per heavy atom. The van der Waals surface area contributed by atoms with E-state index in [0.29, 0.717) is 24.9 Å². The van der Waals surface area contributed by atoms with Gasteiger partial charge in [-0.2, -0.15) is 5.01 Å². The van der Waals surface area contributed by atoms with Crippen LogP contribution in [-0.4, -0.2) is 40.8 Å². The molecule has 0 aromatic heterocycles. The summed E-state index contributed by atoms with van der Waals surface area (Å²) in [5, 5.41) is 3.48. The molecule has 2 saturated heterocycles. The first-order valence-electron chi connectivity index (χ1n) is 10.7. The standard InChI is InChI=1S/C22H30N4O4/c1-3-4-5-6-7-14-22(2)20(29)26(21(30)23-22)24-19(28)16-10-12-17(13-11-16)25-15-8-9-18(25)27/h10-13H,3-9,14-15H2,1-2H3,(H,23,30)(H,24,28). The predicted octanol–water partition coefficient (Wildman–Crippen LogP) is 3.13. The van der Waals surface area contributed by atoms with Gasteiger partial charge in [-0.25, -0.2) is 4.79 Å². The summed E-state index contributed by atoms with van der Waals surface area (Å²) in [6.07, 6.45) is 7.13. The van der Waals surface area contributed by atoms with Crippen molar-refractivity contribution in [3.05, 3.63) is 29.8 Å². The third-order valence-corrected chi connectivity index (χ3v) is 5.77. The van der Waals surface area contributed by atoms with Crippen molar-refractivity contribution in [1.82, 2.24) is 15.8 Å². The van der Waals surface area contributed by atoms with Gasteiger partial charge in [0.2, 0.25) is 5.91 Å². The highest BCUT2D eigenvalue weighted by molar-refractivity contribution is 6.09. The maximum atomic E-state index is 12.8. The van der Waals surface area contributed by atoms with Gasteiger partial charge in [-0.3, -0.25) is 19.8 Å². The molecule has 1 aromatic rings. The van der Waals surface area contributed by atoms with E-state index in [2.05, 4.69) is 17.7 Å². The lowest BCUT2D eigenvalue weighted by molar-refractivity contribution is -0.132. The van der Waals surface area contributed by atoms with Crippen LogP contribution in [-0.2, 0) is 9.59 Å². The van der Waals surface area contributed by atoms with E-state index in [4.69, 9.17) is 0 Å². The van der Waals surface area contributed by atoms with E-state index in [1.165, 1.54) is 0 Å². The van der Waals surface area contributed by atoms with Crippen LogP contribution in [0.3, 0.4) is 0 Å². The number of carbonyl (C=O) groups is 4. The zero-order valence-corrected chi connectivity index (χ0v) is 17.7. The van der Waals surface area contributed by atoms with Crippen LogP contribution in [0.25, 0.3) is 0 Å². The molecule has 0 bridgehead atoms. The molecule has 8 nitrogen and oxygen atoms in total. The highest BCUT2D eigenvalue weighted by Crippen LogP contribution is 2.24. The van der Waals surface area contributed by atoms with Crippen molar-refractivity contribution in [1.29, 1.82) is 0 Å². The zero-order chi connectivity index (χ0) is 21.7. The van der Waals surface area contributed by atoms with Gasteiger partial charge in [0.15, 0.2) is 0 Å². The van der Waals surface area contributed by atoms with Crippen molar-refractivity contribution < 1.29 is 19.2 Å². The molecule has 1 atom stereocenters. The van der Waals surface area contributed by atoms with Gasteiger partial charge in [0.1, 0.15) is 5.54 Å². The summed E-state index contributed by atoms with van der Waals surface area (Å²) in [4.78, 5) is 51.2. The Labute approximate surface area is 176 Å². The smallest absolute Gasteiger partial charge is 0.322 e. The summed E-state index contributed by atoms with van der Waals surface area (Å²) in [5.41, 5.74) is 2.45. The van der Waals surface area contributed by atoms with Crippen LogP contribution < -0.4 is 15.6 Å². The molecule has 8 heteroatoms. The van der Waals surface area contributed by atoms with Crippen LogP contribution in [0.5, 0.6) is 0 Å². The number of rotatable bonds is 9. The molecule has 1 unspecified atom stereocenters. The van der Waals surface area contributed by atoms with E-state index < -0.39 is 23.4 Å². The van der Waals surface area contributed by atoms with Crippen LogP contribution >= 0.6 is 0 Å². The van der Waals surface area contributed by atoms with Gasteiger partial charge in [-0.1, -0.05) is 39.0 Å². The Balaban J connectivity index is 1.58. The van der Waals surface area contributed by atoms with Crippen molar-refractivity contribution in [3.63, 3.8) is 0 Å². The molecular formula is C22H30N4O4. The van der Waals surface area contributed by atoms with Crippen molar-refractivity contribution in [2.24, 2.45) is 0 Å².